The number of fused-ring (bicyclic) bond motifs is 5. The van der Waals surface area contributed by atoms with Gasteiger partial charge in [-0.15, -0.1) is 0 Å². The van der Waals surface area contributed by atoms with Crippen molar-refractivity contribution in [3.8, 4) is 28.4 Å². The number of aromatic nitrogens is 2. The highest BCUT2D eigenvalue weighted by atomic mass is 16.5. The molecule has 8 nitrogen and oxygen atoms in total. The Labute approximate surface area is 172 Å². The zero-order valence-electron chi connectivity index (χ0n) is 16.1. The number of carbonyl (C=O) groups excluding carboxylic acids is 1. The highest BCUT2D eigenvalue weighted by Gasteiger charge is 2.55. The minimum atomic E-state index is -1.33. The van der Waals surface area contributed by atoms with Crippen molar-refractivity contribution in [3.63, 3.8) is 0 Å². The van der Waals surface area contributed by atoms with E-state index in [-0.39, 0.29) is 11.9 Å². The van der Waals surface area contributed by atoms with Crippen LogP contribution in [0.1, 0.15) is 16.7 Å². The lowest BCUT2D eigenvalue weighted by atomic mass is 9.78. The molecule has 8 heteroatoms. The Morgan fingerprint density at radius 1 is 1.03 bits per heavy atom. The number of hydrogen-bond donors (Lipinski definition) is 1. The fourth-order valence-electron chi connectivity index (χ4n) is 4.36. The summed E-state index contributed by atoms with van der Waals surface area (Å²) in [5, 5.41) is 0. The van der Waals surface area contributed by atoms with Gasteiger partial charge in [0, 0.05) is 48.1 Å². The first kappa shape index (κ1) is 17.0. The molecule has 2 aromatic carbocycles. The number of rotatable bonds is 1. The number of ether oxygens (including phenoxy) is 2. The van der Waals surface area contributed by atoms with Gasteiger partial charge in [-0.3, -0.25) is 9.69 Å². The van der Waals surface area contributed by atoms with Crippen molar-refractivity contribution in [2.75, 3.05) is 13.7 Å². The molecule has 1 spiro atoms. The molecule has 3 aromatic rings. The van der Waals surface area contributed by atoms with E-state index in [4.69, 9.17) is 15.2 Å². The van der Waals surface area contributed by atoms with Gasteiger partial charge in [0.1, 0.15) is 23.6 Å². The maximum Gasteiger partial charge on any atom is 0.266 e. The Morgan fingerprint density at radius 3 is 2.60 bits per heavy atom. The van der Waals surface area contributed by atoms with Gasteiger partial charge in [-0.05, 0) is 29.8 Å². The first-order valence-corrected chi connectivity index (χ1v) is 9.59. The van der Waals surface area contributed by atoms with Crippen molar-refractivity contribution in [1.82, 2.24) is 14.9 Å². The van der Waals surface area contributed by atoms with Crippen LogP contribution in [0.5, 0.6) is 17.2 Å². The third kappa shape index (κ3) is 2.10. The first-order valence-electron chi connectivity index (χ1n) is 9.59. The monoisotopic (exact) mass is 399 g/mol. The minimum absolute atomic E-state index is 0.161. The third-order valence-corrected chi connectivity index (χ3v) is 5.90. The normalized spacial score (nSPS) is 20.9. The largest absolute Gasteiger partial charge is 0.493 e. The van der Waals surface area contributed by atoms with E-state index in [1.54, 1.807) is 19.4 Å². The van der Waals surface area contributed by atoms with E-state index < -0.39 is 5.54 Å². The van der Waals surface area contributed by atoms with E-state index in [1.165, 1.54) is 11.2 Å². The van der Waals surface area contributed by atoms with Crippen LogP contribution >= 0.6 is 0 Å². The minimum Gasteiger partial charge on any atom is -0.493 e. The van der Waals surface area contributed by atoms with Crippen molar-refractivity contribution >= 4 is 11.9 Å². The maximum absolute atomic E-state index is 13.6. The van der Waals surface area contributed by atoms with Gasteiger partial charge in [-0.1, -0.05) is 6.07 Å². The number of guanidine groups is 1. The van der Waals surface area contributed by atoms with Crippen molar-refractivity contribution < 1.29 is 14.3 Å². The van der Waals surface area contributed by atoms with Crippen LogP contribution in [-0.2, 0) is 16.8 Å². The molecule has 3 aliphatic heterocycles. The van der Waals surface area contributed by atoms with Crippen LogP contribution < -0.4 is 15.2 Å². The summed E-state index contributed by atoms with van der Waals surface area (Å²) < 4.78 is 12.0. The fraction of sp³-hybridized carbons (Fsp3) is 0.182. The lowest BCUT2D eigenvalue weighted by Gasteiger charge is -2.34. The van der Waals surface area contributed by atoms with E-state index in [0.29, 0.717) is 29.2 Å². The zero-order valence-corrected chi connectivity index (χ0v) is 16.1. The number of carbonyl (C=O) groups is 1. The van der Waals surface area contributed by atoms with Crippen LogP contribution in [0.4, 0.5) is 0 Å². The van der Waals surface area contributed by atoms with Gasteiger partial charge in [0.2, 0.25) is 5.54 Å². The van der Waals surface area contributed by atoms with Crippen LogP contribution in [0.2, 0.25) is 0 Å². The zero-order chi connectivity index (χ0) is 20.5. The van der Waals surface area contributed by atoms with E-state index in [0.717, 1.165) is 28.9 Å². The van der Waals surface area contributed by atoms with Crippen molar-refractivity contribution in [2.24, 2.45) is 10.7 Å². The number of likely N-dealkylation sites (N-methyl/N-ethyl adjacent to an activating group) is 1. The molecular weight excluding hydrogens is 382 g/mol. The van der Waals surface area contributed by atoms with Crippen LogP contribution in [0, 0.1) is 0 Å². The van der Waals surface area contributed by atoms with E-state index in [9.17, 15) is 4.79 Å². The molecule has 1 atom stereocenters. The number of benzene rings is 2. The summed E-state index contributed by atoms with van der Waals surface area (Å²) in [4.78, 5) is 27.8. The summed E-state index contributed by atoms with van der Waals surface area (Å²) in [5.74, 6) is 1.85. The molecule has 0 bridgehead atoms. The smallest absolute Gasteiger partial charge is 0.266 e. The maximum atomic E-state index is 13.6. The molecule has 1 amide bonds. The summed E-state index contributed by atoms with van der Waals surface area (Å²) in [5.41, 5.74) is 8.79. The second-order valence-electron chi connectivity index (χ2n) is 7.54. The molecule has 0 aliphatic carbocycles. The molecule has 4 heterocycles. The summed E-state index contributed by atoms with van der Waals surface area (Å²) in [6.07, 6.45) is 5.72. The van der Waals surface area contributed by atoms with Crippen LogP contribution in [0.15, 0.2) is 54.0 Å². The average molecular weight is 399 g/mol. The molecule has 0 saturated carbocycles. The van der Waals surface area contributed by atoms with Crippen LogP contribution in [0.25, 0.3) is 11.1 Å². The molecular formula is C22H17N5O3. The molecule has 1 aromatic heterocycles. The summed E-state index contributed by atoms with van der Waals surface area (Å²) in [7, 11) is 1.63. The van der Waals surface area contributed by atoms with Gasteiger partial charge in [0.05, 0.1) is 6.61 Å². The molecule has 30 heavy (non-hydrogen) atoms. The Kier molecular flexibility index (Phi) is 3.27. The number of nitrogens with two attached hydrogens (primary N) is 1. The highest BCUT2D eigenvalue weighted by Crippen LogP contribution is 2.54. The standard InChI is InChI=1S/C22H17N5O3/c1-27-20(28)22(26-21(27)23)15-6-12(14-9-24-11-25-10-14)2-3-17(15)30-19-7-13-4-5-29-18(13)8-16(19)22/h2-3,6-11H,4-5H2,1H3,(H2,23,26). The van der Waals surface area contributed by atoms with Crippen LogP contribution in [-0.4, -0.2) is 40.4 Å². The predicted octanol–water partition coefficient (Wildman–Crippen LogP) is 2.21. The second kappa shape index (κ2) is 5.79. The highest BCUT2D eigenvalue weighted by molar-refractivity contribution is 6.10. The molecule has 0 saturated heterocycles. The van der Waals surface area contributed by atoms with Crippen molar-refractivity contribution in [3.05, 3.63) is 65.7 Å². The number of nitrogens with zero attached hydrogens (tertiary/aromatic N) is 4. The molecule has 6 rings (SSSR count). The SMILES string of the molecule is CN1C(=O)C2(N=C1N)c1cc(-c3cncnc3)ccc1Oc1cc3c(cc12)OCC3. The molecule has 1 unspecified atom stereocenters. The molecule has 3 aliphatic rings. The molecule has 0 fully saturated rings. The summed E-state index contributed by atoms with van der Waals surface area (Å²) in [6.45, 7) is 0.607. The summed E-state index contributed by atoms with van der Waals surface area (Å²) in [6, 6.07) is 9.48. The topological polar surface area (TPSA) is 103 Å². The lowest BCUT2D eigenvalue weighted by Crippen LogP contribution is -2.42. The van der Waals surface area contributed by atoms with E-state index in [1.807, 2.05) is 30.3 Å². The summed E-state index contributed by atoms with van der Waals surface area (Å²) >= 11 is 0. The fourth-order valence-corrected chi connectivity index (χ4v) is 4.36. The molecule has 148 valence electrons. The van der Waals surface area contributed by atoms with Gasteiger partial charge in [0.15, 0.2) is 5.96 Å². The Hall–Kier alpha value is -3.94. The number of amides is 1. The van der Waals surface area contributed by atoms with Gasteiger partial charge in [0.25, 0.3) is 5.91 Å². The third-order valence-electron chi connectivity index (χ3n) is 5.90. The lowest BCUT2D eigenvalue weighted by molar-refractivity contribution is -0.129. The van der Waals surface area contributed by atoms with Crippen LogP contribution in [0.3, 0.4) is 0 Å². The Bertz CT molecular complexity index is 1260. The van der Waals surface area contributed by atoms with Gasteiger partial charge < -0.3 is 15.2 Å². The quantitative estimate of drug-likeness (QED) is 0.673. The number of hydrogen-bond acceptors (Lipinski definition) is 7. The predicted molar refractivity (Wildman–Crippen MR) is 108 cm³/mol. The van der Waals surface area contributed by atoms with Gasteiger partial charge >= 0.3 is 0 Å². The van der Waals surface area contributed by atoms with Crippen molar-refractivity contribution in [1.29, 1.82) is 0 Å². The van der Waals surface area contributed by atoms with E-state index in [2.05, 4.69) is 15.0 Å². The molecule has 0 radical (unpaired) electrons. The average Bonchev–Trinajstić information content (AvgIpc) is 3.32. The van der Waals surface area contributed by atoms with Crippen molar-refractivity contribution in [2.45, 2.75) is 12.0 Å². The van der Waals surface area contributed by atoms with E-state index >= 15 is 0 Å². The number of aliphatic imine (C=N–C) groups is 1. The first-order chi connectivity index (χ1) is 14.6. The Morgan fingerprint density at radius 2 is 1.83 bits per heavy atom. The Balaban J connectivity index is 1.64. The molecule has 2 N–H and O–H groups in total. The van der Waals surface area contributed by atoms with Gasteiger partial charge in [-0.25, -0.2) is 15.0 Å². The second-order valence-corrected chi connectivity index (χ2v) is 7.54. The van der Waals surface area contributed by atoms with Gasteiger partial charge in [-0.2, -0.15) is 0 Å².